The molecule has 0 aromatic heterocycles. The van der Waals surface area contributed by atoms with Crippen LogP contribution in [0.5, 0.6) is 0 Å². The third-order valence-electron chi connectivity index (χ3n) is 5.00. The van der Waals surface area contributed by atoms with Gasteiger partial charge in [-0.25, -0.2) is 0 Å². The van der Waals surface area contributed by atoms with E-state index in [4.69, 9.17) is 11.6 Å². The smallest absolute Gasteiger partial charge is 0.240 e. The van der Waals surface area contributed by atoms with Crippen LogP contribution >= 0.6 is 11.6 Å². The molecule has 1 N–H and O–H groups in total. The maximum absolute atomic E-state index is 13.1. The first-order valence-corrected chi connectivity index (χ1v) is 9.25. The van der Waals surface area contributed by atoms with Gasteiger partial charge < -0.3 is 10.2 Å². The van der Waals surface area contributed by atoms with E-state index in [0.717, 1.165) is 11.1 Å². The fourth-order valence-electron chi connectivity index (χ4n) is 3.08. The van der Waals surface area contributed by atoms with Crippen molar-refractivity contribution in [3.05, 3.63) is 64.7 Å². The minimum atomic E-state index is -0.945. The molecule has 0 heterocycles. The van der Waals surface area contributed by atoms with E-state index in [2.05, 4.69) is 5.32 Å². The van der Waals surface area contributed by atoms with Gasteiger partial charge in [0.1, 0.15) is 5.41 Å². The Kier molecular flexibility index (Phi) is 5.33. The molecule has 5 heteroatoms. The summed E-state index contributed by atoms with van der Waals surface area (Å²) in [6.45, 7) is 4.88. The third kappa shape index (κ3) is 3.61. The molecule has 2 aromatic rings. The average molecular weight is 371 g/mol. The monoisotopic (exact) mass is 370 g/mol. The molecule has 0 aliphatic heterocycles. The number of carbonyl (C=O) groups excluding carboxylic acids is 2. The van der Waals surface area contributed by atoms with Gasteiger partial charge in [0.05, 0.1) is 0 Å². The molecule has 2 amide bonds. The van der Waals surface area contributed by atoms with Crippen molar-refractivity contribution in [3.63, 3.8) is 0 Å². The van der Waals surface area contributed by atoms with Crippen molar-refractivity contribution >= 4 is 29.1 Å². The van der Waals surface area contributed by atoms with Gasteiger partial charge in [0, 0.05) is 23.8 Å². The second-order valence-corrected chi connectivity index (χ2v) is 7.16. The summed E-state index contributed by atoms with van der Waals surface area (Å²) in [4.78, 5) is 27.7. The van der Waals surface area contributed by atoms with Gasteiger partial charge in [-0.2, -0.15) is 0 Å². The lowest BCUT2D eigenvalue weighted by Crippen LogP contribution is -2.42. The van der Waals surface area contributed by atoms with Crippen LogP contribution < -0.4 is 5.32 Å². The van der Waals surface area contributed by atoms with Crippen molar-refractivity contribution in [3.8, 4) is 0 Å². The molecule has 1 aliphatic carbocycles. The molecule has 4 nitrogen and oxygen atoms in total. The number of nitrogens with zero attached hydrogens (tertiary/aromatic N) is 1. The molecular formula is C21H23ClN2O2. The first-order chi connectivity index (χ1) is 12.5. The van der Waals surface area contributed by atoms with E-state index >= 15 is 0 Å². The highest BCUT2D eigenvalue weighted by molar-refractivity contribution is 6.31. The second-order valence-electron chi connectivity index (χ2n) is 6.75. The molecule has 3 rings (SSSR count). The number of carbonyl (C=O) groups is 2. The number of hydrogen-bond donors (Lipinski definition) is 1. The Labute approximate surface area is 159 Å². The van der Waals surface area contributed by atoms with Crippen molar-refractivity contribution in [2.45, 2.75) is 33.2 Å². The van der Waals surface area contributed by atoms with E-state index in [0.29, 0.717) is 36.6 Å². The van der Waals surface area contributed by atoms with E-state index in [1.54, 1.807) is 23.1 Å². The lowest BCUT2D eigenvalue weighted by Gasteiger charge is -2.26. The number of halogens is 1. The summed E-state index contributed by atoms with van der Waals surface area (Å²) in [5, 5.41) is 3.50. The van der Waals surface area contributed by atoms with E-state index in [9.17, 15) is 9.59 Å². The number of nitrogens with one attached hydrogen (secondary N) is 1. The highest BCUT2D eigenvalue weighted by Crippen LogP contribution is 2.48. The van der Waals surface area contributed by atoms with Gasteiger partial charge in [-0.05, 0) is 49.9 Å². The first-order valence-electron chi connectivity index (χ1n) is 8.88. The summed E-state index contributed by atoms with van der Waals surface area (Å²) in [6, 6.07) is 15.2. The molecular weight excluding hydrogens is 348 g/mol. The standard InChI is InChI=1S/C21H23ClN2O2/c1-3-24(14-16-8-5-4-6-9-16)20(26)21(12-13-21)19(25)23-18-11-7-10-17(22)15(18)2/h4-11H,3,12-14H2,1-2H3,(H,23,25). The van der Waals surface area contributed by atoms with Crippen molar-refractivity contribution in [1.29, 1.82) is 0 Å². The second kappa shape index (κ2) is 7.50. The van der Waals surface area contributed by atoms with E-state index in [1.165, 1.54) is 0 Å². The third-order valence-corrected chi connectivity index (χ3v) is 5.40. The molecule has 0 unspecified atom stereocenters. The number of rotatable bonds is 6. The molecule has 0 radical (unpaired) electrons. The van der Waals surface area contributed by atoms with Crippen LogP contribution in [-0.4, -0.2) is 23.3 Å². The van der Waals surface area contributed by atoms with Crippen LogP contribution in [0.1, 0.15) is 30.9 Å². The van der Waals surface area contributed by atoms with Crippen molar-refractivity contribution in [2.24, 2.45) is 5.41 Å². The van der Waals surface area contributed by atoms with Gasteiger partial charge in [-0.3, -0.25) is 9.59 Å². The lowest BCUT2D eigenvalue weighted by molar-refractivity contribution is -0.142. The Hall–Kier alpha value is -2.33. The zero-order valence-electron chi connectivity index (χ0n) is 15.1. The molecule has 1 saturated carbocycles. The molecule has 0 bridgehead atoms. The van der Waals surface area contributed by atoms with Gasteiger partial charge >= 0.3 is 0 Å². The number of anilines is 1. The zero-order valence-corrected chi connectivity index (χ0v) is 15.8. The van der Waals surface area contributed by atoms with Gasteiger partial charge in [0.2, 0.25) is 11.8 Å². The maximum Gasteiger partial charge on any atom is 0.240 e. The Bertz CT molecular complexity index is 816. The molecule has 2 aromatic carbocycles. The average Bonchev–Trinajstić information content (AvgIpc) is 3.46. The Morgan fingerprint density at radius 1 is 1.12 bits per heavy atom. The lowest BCUT2D eigenvalue weighted by atomic mass is 10.0. The zero-order chi connectivity index (χ0) is 18.7. The number of amides is 2. The van der Waals surface area contributed by atoms with Crippen molar-refractivity contribution in [1.82, 2.24) is 4.90 Å². The Morgan fingerprint density at radius 3 is 2.42 bits per heavy atom. The fourth-order valence-corrected chi connectivity index (χ4v) is 3.26. The quantitative estimate of drug-likeness (QED) is 0.765. The minimum Gasteiger partial charge on any atom is -0.338 e. The summed E-state index contributed by atoms with van der Waals surface area (Å²) in [6.07, 6.45) is 1.17. The largest absolute Gasteiger partial charge is 0.338 e. The molecule has 0 atom stereocenters. The first kappa shape index (κ1) is 18.5. The van der Waals surface area contributed by atoms with Crippen LogP contribution in [-0.2, 0) is 16.1 Å². The van der Waals surface area contributed by atoms with Crippen LogP contribution in [0.4, 0.5) is 5.69 Å². The van der Waals surface area contributed by atoms with Gasteiger partial charge in [0.15, 0.2) is 0 Å². The van der Waals surface area contributed by atoms with Crippen LogP contribution in [0.3, 0.4) is 0 Å². The summed E-state index contributed by atoms with van der Waals surface area (Å²) >= 11 is 6.13. The normalized spacial score (nSPS) is 14.6. The number of benzene rings is 2. The van der Waals surface area contributed by atoms with Crippen molar-refractivity contribution < 1.29 is 9.59 Å². The van der Waals surface area contributed by atoms with Crippen LogP contribution in [0.25, 0.3) is 0 Å². The number of hydrogen-bond acceptors (Lipinski definition) is 2. The van der Waals surface area contributed by atoms with Crippen LogP contribution in [0.2, 0.25) is 5.02 Å². The minimum absolute atomic E-state index is 0.0963. The fraction of sp³-hybridized carbons (Fsp3) is 0.333. The Morgan fingerprint density at radius 2 is 1.81 bits per heavy atom. The van der Waals surface area contributed by atoms with Crippen molar-refractivity contribution in [2.75, 3.05) is 11.9 Å². The summed E-state index contributed by atoms with van der Waals surface area (Å²) in [5.41, 5.74) is 1.58. The Balaban J connectivity index is 1.75. The summed E-state index contributed by atoms with van der Waals surface area (Å²) in [7, 11) is 0. The van der Waals surface area contributed by atoms with Gasteiger partial charge in [0.25, 0.3) is 0 Å². The molecule has 1 fully saturated rings. The molecule has 0 saturated heterocycles. The highest BCUT2D eigenvalue weighted by Gasteiger charge is 2.57. The molecule has 0 spiro atoms. The molecule has 1 aliphatic rings. The topological polar surface area (TPSA) is 49.4 Å². The van der Waals surface area contributed by atoms with Gasteiger partial charge in [-0.1, -0.05) is 48.0 Å². The van der Waals surface area contributed by atoms with Crippen LogP contribution in [0, 0.1) is 12.3 Å². The SMILES string of the molecule is CCN(Cc1ccccc1)C(=O)C1(C(=O)Nc2cccc(Cl)c2C)CC1. The molecule has 26 heavy (non-hydrogen) atoms. The van der Waals surface area contributed by atoms with E-state index in [-0.39, 0.29) is 11.8 Å². The highest BCUT2D eigenvalue weighted by atomic mass is 35.5. The van der Waals surface area contributed by atoms with E-state index < -0.39 is 5.41 Å². The van der Waals surface area contributed by atoms with Gasteiger partial charge in [-0.15, -0.1) is 0 Å². The molecule has 136 valence electrons. The van der Waals surface area contributed by atoms with E-state index in [1.807, 2.05) is 44.2 Å². The summed E-state index contributed by atoms with van der Waals surface area (Å²) in [5.74, 6) is -0.333. The predicted molar refractivity (Wildman–Crippen MR) is 104 cm³/mol. The predicted octanol–water partition coefficient (Wildman–Crippen LogP) is 4.42. The maximum atomic E-state index is 13.1. The summed E-state index contributed by atoms with van der Waals surface area (Å²) < 4.78 is 0. The van der Waals surface area contributed by atoms with Crippen LogP contribution in [0.15, 0.2) is 48.5 Å².